The topological polar surface area (TPSA) is 50.4 Å². The Morgan fingerprint density at radius 3 is 2.62 bits per heavy atom. The Balaban J connectivity index is 2.01. The van der Waals surface area contributed by atoms with Crippen molar-refractivity contribution in [3.63, 3.8) is 0 Å². The molecule has 0 heterocycles. The molecule has 0 aromatic heterocycles. The van der Waals surface area contributed by atoms with Gasteiger partial charge >= 0.3 is 6.09 Å². The van der Waals surface area contributed by atoms with Crippen molar-refractivity contribution < 1.29 is 9.53 Å². The van der Waals surface area contributed by atoms with Gasteiger partial charge in [-0.3, -0.25) is 0 Å². The second-order valence-electron chi connectivity index (χ2n) is 4.72. The molecule has 0 aliphatic heterocycles. The largest absolute Gasteiger partial charge is 0.448 e. The van der Waals surface area contributed by atoms with Crippen LogP contribution in [0.15, 0.2) is 0 Å². The molecule has 1 aliphatic carbocycles. The molecule has 1 saturated carbocycles. The van der Waals surface area contributed by atoms with E-state index in [9.17, 15) is 4.79 Å². The summed E-state index contributed by atoms with van der Waals surface area (Å²) in [6, 6.07) is 0.768. The number of rotatable bonds is 5. The lowest BCUT2D eigenvalue weighted by Crippen LogP contribution is -2.38. The normalized spacial score (nSPS) is 17.4. The summed E-state index contributed by atoms with van der Waals surface area (Å²) in [4.78, 5) is 11.4. The lowest BCUT2D eigenvalue weighted by molar-refractivity contribution is 0.139. The van der Waals surface area contributed by atoms with E-state index in [0.717, 1.165) is 19.4 Å². The second kappa shape index (κ2) is 7.49. The van der Waals surface area contributed by atoms with Crippen molar-refractivity contribution >= 4 is 6.09 Å². The Morgan fingerprint density at radius 1 is 1.31 bits per heavy atom. The number of ether oxygens (including phenoxy) is 1. The number of amides is 1. The van der Waals surface area contributed by atoms with E-state index in [0.29, 0.717) is 18.7 Å². The van der Waals surface area contributed by atoms with Crippen LogP contribution in [-0.2, 0) is 4.74 Å². The summed E-state index contributed by atoms with van der Waals surface area (Å²) in [6.07, 6.45) is 5.67. The third-order valence-electron chi connectivity index (χ3n) is 2.81. The van der Waals surface area contributed by atoms with Gasteiger partial charge in [0.05, 0.1) is 0 Å². The third kappa shape index (κ3) is 5.95. The number of alkyl carbamates (subject to hydrolysis) is 1. The average Bonchev–Trinajstić information content (AvgIpc) is 2.25. The molecule has 0 aromatic carbocycles. The van der Waals surface area contributed by atoms with Gasteiger partial charge in [-0.1, -0.05) is 33.1 Å². The SMILES string of the molecule is CC(C)NCCOC(=O)NC1CCCCC1. The molecular formula is C12H24N2O2. The van der Waals surface area contributed by atoms with Crippen LogP contribution in [0.25, 0.3) is 0 Å². The van der Waals surface area contributed by atoms with Crippen molar-refractivity contribution in [1.82, 2.24) is 10.6 Å². The van der Waals surface area contributed by atoms with E-state index in [1.54, 1.807) is 0 Å². The van der Waals surface area contributed by atoms with Crippen LogP contribution in [0.2, 0.25) is 0 Å². The van der Waals surface area contributed by atoms with Gasteiger partial charge in [0.2, 0.25) is 0 Å². The Kier molecular flexibility index (Phi) is 6.23. The Bertz CT molecular complexity index is 201. The minimum Gasteiger partial charge on any atom is -0.448 e. The van der Waals surface area contributed by atoms with Gasteiger partial charge in [-0.2, -0.15) is 0 Å². The van der Waals surface area contributed by atoms with Gasteiger partial charge in [-0.15, -0.1) is 0 Å². The minimum absolute atomic E-state index is 0.266. The van der Waals surface area contributed by atoms with E-state index < -0.39 is 0 Å². The quantitative estimate of drug-likeness (QED) is 0.708. The van der Waals surface area contributed by atoms with Crippen LogP contribution >= 0.6 is 0 Å². The molecule has 1 fully saturated rings. The molecule has 0 atom stereocenters. The maximum atomic E-state index is 11.4. The molecule has 0 bridgehead atoms. The molecule has 16 heavy (non-hydrogen) atoms. The van der Waals surface area contributed by atoms with Crippen molar-refractivity contribution in [1.29, 1.82) is 0 Å². The highest BCUT2D eigenvalue weighted by molar-refractivity contribution is 5.67. The van der Waals surface area contributed by atoms with Crippen LogP contribution < -0.4 is 10.6 Å². The molecule has 0 spiro atoms. The number of hydrogen-bond acceptors (Lipinski definition) is 3. The molecule has 1 amide bonds. The maximum absolute atomic E-state index is 11.4. The molecule has 4 nitrogen and oxygen atoms in total. The van der Waals surface area contributed by atoms with Gasteiger partial charge in [0.1, 0.15) is 6.61 Å². The lowest BCUT2D eigenvalue weighted by Gasteiger charge is -2.22. The molecule has 4 heteroatoms. The van der Waals surface area contributed by atoms with Crippen LogP contribution in [0.3, 0.4) is 0 Å². The van der Waals surface area contributed by atoms with Gasteiger partial charge in [0, 0.05) is 18.6 Å². The summed E-state index contributed by atoms with van der Waals surface area (Å²) < 4.78 is 5.08. The Hall–Kier alpha value is -0.770. The highest BCUT2D eigenvalue weighted by atomic mass is 16.5. The third-order valence-corrected chi connectivity index (χ3v) is 2.81. The Morgan fingerprint density at radius 2 is 2.00 bits per heavy atom. The van der Waals surface area contributed by atoms with Gasteiger partial charge in [0.25, 0.3) is 0 Å². The monoisotopic (exact) mass is 228 g/mol. The van der Waals surface area contributed by atoms with Crippen molar-refractivity contribution in [2.45, 2.75) is 58.0 Å². The second-order valence-corrected chi connectivity index (χ2v) is 4.72. The molecule has 0 saturated heterocycles. The van der Waals surface area contributed by atoms with Gasteiger partial charge in [-0.05, 0) is 12.8 Å². The first-order valence-electron chi connectivity index (χ1n) is 6.35. The van der Waals surface area contributed by atoms with Gasteiger partial charge in [0.15, 0.2) is 0 Å². The first-order valence-corrected chi connectivity index (χ1v) is 6.35. The van der Waals surface area contributed by atoms with E-state index in [-0.39, 0.29) is 6.09 Å². The first-order chi connectivity index (χ1) is 7.68. The van der Waals surface area contributed by atoms with E-state index in [1.165, 1.54) is 19.3 Å². The molecule has 0 aromatic rings. The number of carbonyl (C=O) groups excluding carboxylic acids is 1. The fourth-order valence-corrected chi connectivity index (χ4v) is 1.95. The zero-order valence-electron chi connectivity index (χ0n) is 10.4. The van der Waals surface area contributed by atoms with Gasteiger partial charge in [-0.25, -0.2) is 4.79 Å². The molecule has 94 valence electrons. The van der Waals surface area contributed by atoms with Crippen LogP contribution in [0.4, 0.5) is 4.79 Å². The first kappa shape index (κ1) is 13.3. The summed E-state index contributed by atoms with van der Waals surface area (Å²) in [5.74, 6) is 0. The number of carbonyl (C=O) groups is 1. The van der Waals surface area contributed by atoms with Crippen LogP contribution in [-0.4, -0.2) is 31.3 Å². The van der Waals surface area contributed by atoms with Crippen LogP contribution in [0.5, 0.6) is 0 Å². The molecule has 0 radical (unpaired) electrons. The summed E-state index contributed by atoms with van der Waals surface area (Å²) in [6.45, 7) is 5.30. The van der Waals surface area contributed by atoms with Crippen molar-refractivity contribution in [2.24, 2.45) is 0 Å². The molecular weight excluding hydrogens is 204 g/mol. The average molecular weight is 228 g/mol. The van der Waals surface area contributed by atoms with Crippen LogP contribution in [0.1, 0.15) is 46.0 Å². The zero-order valence-corrected chi connectivity index (χ0v) is 10.4. The zero-order chi connectivity index (χ0) is 11.8. The van der Waals surface area contributed by atoms with Crippen molar-refractivity contribution in [3.8, 4) is 0 Å². The molecule has 1 rings (SSSR count). The minimum atomic E-state index is -0.266. The predicted octanol–water partition coefficient (Wildman–Crippen LogP) is 2.04. The molecule has 1 aliphatic rings. The smallest absolute Gasteiger partial charge is 0.407 e. The summed E-state index contributed by atoms with van der Waals surface area (Å²) in [5.41, 5.74) is 0. The number of nitrogens with one attached hydrogen (secondary N) is 2. The number of hydrogen-bond donors (Lipinski definition) is 2. The lowest BCUT2D eigenvalue weighted by atomic mass is 9.96. The molecule has 2 N–H and O–H groups in total. The predicted molar refractivity (Wildman–Crippen MR) is 64.5 cm³/mol. The Labute approximate surface area is 98.1 Å². The van der Waals surface area contributed by atoms with E-state index >= 15 is 0 Å². The van der Waals surface area contributed by atoms with Crippen molar-refractivity contribution in [2.75, 3.05) is 13.2 Å². The maximum Gasteiger partial charge on any atom is 0.407 e. The highest BCUT2D eigenvalue weighted by Gasteiger charge is 2.15. The van der Waals surface area contributed by atoms with E-state index in [1.807, 2.05) is 0 Å². The van der Waals surface area contributed by atoms with Gasteiger partial charge < -0.3 is 15.4 Å². The van der Waals surface area contributed by atoms with Crippen LogP contribution in [0, 0.1) is 0 Å². The summed E-state index contributed by atoms with van der Waals surface area (Å²) in [7, 11) is 0. The molecule has 0 unspecified atom stereocenters. The highest BCUT2D eigenvalue weighted by Crippen LogP contribution is 2.17. The van der Waals surface area contributed by atoms with E-state index in [2.05, 4.69) is 24.5 Å². The fraction of sp³-hybridized carbons (Fsp3) is 0.917. The summed E-state index contributed by atoms with van der Waals surface area (Å²) >= 11 is 0. The fourth-order valence-electron chi connectivity index (χ4n) is 1.95. The van der Waals surface area contributed by atoms with E-state index in [4.69, 9.17) is 4.74 Å². The standard InChI is InChI=1S/C12H24N2O2/c1-10(2)13-8-9-16-12(15)14-11-6-4-3-5-7-11/h10-11,13H,3-9H2,1-2H3,(H,14,15). The summed E-state index contributed by atoms with van der Waals surface area (Å²) in [5, 5.41) is 6.12. The van der Waals surface area contributed by atoms with Crippen molar-refractivity contribution in [3.05, 3.63) is 0 Å².